The van der Waals surface area contributed by atoms with Crippen molar-refractivity contribution in [2.24, 2.45) is 0 Å². The van der Waals surface area contributed by atoms with Gasteiger partial charge in [0.2, 0.25) is 0 Å². The number of carboxylic acid groups (broad SMARTS) is 1. The Labute approximate surface area is 150 Å². The second-order valence-corrected chi connectivity index (χ2v) is 5.74. The highest BCUT2D eigenvalue weighted by atomic mass is 79.9. The maximum absolute atomic E-state index is 12.1. The number of aliphatic carboxylic acids is 1. The first-order valence-electron chi connectivity index (χ1n) is 6.87. The lowest BCUT2D eigenvalue weighted by Gasteiger charge is -2.09. The van der Waals surface area contributed by atoms with E-state index in [1.165, 1.54) is 13.2 Å². The number of nitrogens with one attached hydrogen (secondary N) is 1. The molecule has 2 rings (SSSR count). The fourth-order valence-corrected chi connectivity index (χ4v) is 2.34. The molecular formula is C15H13BrN2O7. The van der Waals surface area contributed by atoms with E-state index < -0.39 is 30.4 Å². The van der Waals surface area contributed by atoms with Crippen LogP contribution in [-0.4, -0.2) is 54.1 Å². The van der Waals surface area contributed by atoms with Gasteiger partial charge in [0.15, 0.2) is 6.61 Å². The summed E-state index contributed by atoms with van der Waals surface area (Å²) in [5, 5.41) is 11.1. The number of imide groups is 1. The van der Waals surface area contributed by atoms with Crippen molar-refractivity contribution < 1.29 is 33.8 Å². The van der Waals surface area contributed by atoms with Crippen molar-refractivity contribution in [2.75, 3.05) is 20.3 Å². The lowest BCUT2D eigenvalue weighted by atomic mass is 10.1. The summed E-state index contributed by atoms with van der Waals surface area (Å²) in [4.78, 5) is 46.4. The monoisotopic (exact) mass is 412 g/mol. The molecule has 1 fully saturated rings. The van der Waals surface area contributed by atoms with Crippen molar-refractivity contribution in [2.45, 2.75) is 0 Å². The zero-order valence-electron chi connectivity index (χ0n) is 12.9. The molecule has 1 aliphatic rings. The Morgan fingerprint density at radius 2 is 2.08 bits per heavy atom. The van der Waals surface area contributed by atoms with E-state index in [0.717, 1.165) is 0 Å². The number of methoxy groups -OCH3 is 1. The minimum Gasteiger partial charge on any atom is -0.481 e. The molecule has 2 N–H and O–H groups in total. The van der Waals surface area contributed by atoms with E-state index in [4.69, 9.17) is 9.84 Å². The van der Waals surface area contributed by atoms with Crippen molar-refractivity contribution >= 4 is 45.9 Å². The Kier molecular flexibility index (Phi) is 5.75. The van der Waals surface area contributed by atoms with Gasteiger partial charge in [-0.15, -0.1) is 0 Å². The minimum atomic E-state index is -1.31. The van der Waals surface area contributed by atoms with E-state index in [1.54, 1.807) is 18.2 Å². The third-order valence-electron chi connectivity index (χ3n) is 3.10. The molecular weight excluding hydrogens is 400 g/mol. The Balaban J connectivity index is 2.29. The molecule has 0 aromatic heterocycles. The SMILES string of the molecule is COC(=O)COc1ccc(Br)cc1/C=C1/NC(=O)N(CC(=O)O)C1=O. The first kappa shape index (κ1) is 18.5. The normalized spacial score (nSPS) is 15.3. The second-order valence-electron chi connectivity index (χ2n) is 4.82. The first-order chi connectivity index (χ1) is 11.8. The molecule has 0 spiro atoms. The number of carboxylic acids is 1. The van der Waals surface area contributed by atoms with Gasteiger partial charge in [0, 0.05) is 10.0 Å². The number of nitrogens with zero attached hydrogens (tertiary/aromatic N) is 1. The Hall–Kier alpha value is -2.88. The molecule has 0 radical (unpaired) electrons. The maximum Gasteiger partial charge on any atom is 0.343 e. The molecule has 1 aliphatic heterocycles. The van der Waals surface area contributed by atoms with Gasteiger partial charge in [-0.05, 0) is 24.3 Å². The number of hydrogen-bond donors (Lipinski definition) is 2. The lowest BCUT2D eigenvalue weighted by molar-refractivity contribution is -0.143. The van der Waals surface area contributed by atoms with E-state index in [2.05, 4.69) is 26.0 Å². The predicted octanol–water partition coefficient (Wildman–Crippen LogP) is 0.978. The van der Waals surface area contributed by atoms with Crippen molar-refractivity contribution in [3.63, 3.8) is 0 Å². The van der Waals surface area contributed by atoms with Crippen LogP contribution in [0.4, 0.5) is 4.79 Å². The van der Waals surface area contributed by atoms with Crippen LogP contribution in [0.2, 0.25) is 0 Å². The molecule has 9 nitrogen and oxygen atoms in total. The quantitative estimate of drug-likeness (QED) is 0.405. The summed E-state index contributed by atoms with van der Waals surface area (Å²) in [6.07, 6.45) is 1.33. The van der Waals surface area contributed by atoms with Gasteiger partial charge in [0.05, 0.1) is 7.11 Å². The van der Waals surface area contributed by atoms with E-state index in [1.807, 2.05) is 0 Å². The zero-order chi connectivity index (χ0) is 18.6. The summed E-state index contributed by atoms with van der Waals surface area (Å²) < 4.78 is 10.5. The molecule has 132 valence electrons. The number of rotatable bonds is 6. The summed E-state index contributed by atoms with van der Waals surface area (Å²) in [6.45, 7) is -1.08. The van der Waals surface area contributed by atoms with Crippen molar-refractivity contribution in [3.8, 4) is 5.75 Å². The van der Waals surface area contributed by atoms with Crippen LogP contribution in [0.1, 0.15) is 5.56 Å². The minimum absolute atomic E-state index is 0.104. The van der Waals surface area contributed by atoms with Crippen molar-refractivity contribution in [1.29, 1.82) is 0 Å². The molecule has 1 aromatic rings. The number of urea groups is 1. The van der Waals surface area contributed by atoms with Crippen LogP contribution in [0.15, 0.2) is 28.4 Å². The van der Waals surface area contributed by atoms with Gasteiger partial charge in [0.1, 0.15) is 18.0 Å². The number of amides is 3. The molecule has 0 saturated carbocycles. The topological polar surface area (TPSA) is 122 Å². The van der Waals surface area contributed by atoms with Crippen LogP contribution >= 0.6 is 15.9 Å². The van der Waals surface area contributed by atoms with Gasteiger partial charge >= 0.3 is 18.0 Å². The fraction of sp³-hybridized carbons (Fsp3) is 0.200. The summed E-state index contributed by atoms with van der Waals surface area (Å²) in [7, 11) is 1.22. The third-order valence-corrected chi connectivity index (χ3v) is 3.59. The third kappa shape index (κ3) is 4.57. The molecule has 3 amide bonds. The molecule has 0 aliphatic carbocycles. The van der Waals surface area contributed by atoms with Gasteiger partial charge in [-0.2, -0.15) is 0 Å². The van der Waals surface area contributed by atoms with Crippen LogP contribution in [0, 0.1) is 0 Å². The fourth-order valence-electron chi connectivity index (χ4n) is 1.97. The lowest BCUT2D eigenvalue weighted by Crippen LogP contribution is -2.35. The number of esters is 1. The van der Waals surface area contributed by atoms with Crippen LogP contribution in [0.25, 0.3) is 6.08 Å². The number of benzene rings is 1. The molecule has 1 saturated heterocycles. The summed E-state index contributed by atoms with van der Waals surface area (Å²) in [5.74, 6) is -2.39. The number of carbonyl (C=O) groups excluding carboxylic acids is 3. The van der Waals surface area contributed by atoms with Crippen LogP contribution in [-0.2, 0) is 19.1 Å². The van der Waals surface area contributed by atoms with Gasteiger partial charge in [-0.3, -0.25) is 9.59 Å². The predicted molar refractivity (Wildman–Crippen MR) is 87.5 cm³/mol. The van der Waals surface area contributed by atoms with Crippen molar-refractivity contribution in [1.82, 2.24) is 10.2 Å². The average molecular weight is 413 g/mol. The maximum atomic E-state index is 12.1. The molecule has 0 bridgehead atoms. The Morgan fingerprint density at radius 3 is 2.72 bits per heavy atom. The van der Waals surface area contributed by atoms with Gasteiger partial charge in [-0.25, -0.2) is 14.5 Å². The number of hydrogen-bond acceptors (Lipinski definition) is 6. The van der Waals surface area contributed by atoms with E-state index >= 15 is 0 Å². The van der Waals surface area contributed by atoms with E-state index in [0.29, 0.717) is 14.9 Å². The number of halogens is 1. The highest BCUT2D eigenvalue weighted by molar-refractivity contribution is 9.10. The van der Waals surface area contributed by atoms with Gasteiger partial charge < -0.3 is 19.9 Å². The average Bonchev–Trinajstić information content (AvgIpc) is 2.81. The van der Waals surface area contributed by atoms with Crippen LogP contribution < -0.4 is 10.1 Å². The summed E-state index contributed by atoms with van der Waals surface area (Å²) in [5.41, 5.74) is 0.298. The Morgan fingerprint density at radius 1 is 1.36 bits per heavy atom. The smallest absolute Gasteiger partial charge is 0.343 e. The Bertz CT molecular complexity index is 775. The molecule has 10 heteroatoms. The molecule has 0 unspecified atom stereocenters. The zero-order valence-corrected chi connectivity index (χ0v) is 14.5. The number of carbonyl (C=O) groups is 4. The van der Waals surface area contributed by atoms with Crippen LogP contribution in [0.3, 0.4) is 0 Å². The molecule has 1 heterocycles. The van der Waals surface area contributed by atoms with Crippen molar-refractivity contribution in [3.05, 3.63) is 33.9 Å². The van der Waals surface area contributed by atoms with E-state index in [9.17, 15) is 19.2 Å². The van der Waals surface area contributed by atoms with Gasteiger partial charge in [-0.1, -0.05) is 15.9 Å². The molecule has 1 aromatic carbocycles. The standard InChI is InChI=1S/C15H13BrN2O7/c1-24-13(21)7-25-11-3-2-9(16)4-8(11)5-10-14(22)18(6-12(19)20)15(23)17-10/h2-5H,6-7H2,1H3,(H,17,23)(H,19,20)/b10-5+. The second kappa shape index (κ2) is 7.79. The number of ether oxygens (including phenoxy) is 2. The largest absolute Gasteiger partial charge is 0.481 e. The summed E-state index contributed by atoms with van der Waals surface area (Å²) >= 11 is 3.27. The van der Waals surface area contributed by atoms with Crippen LogP contribution in [0.5, 0.6) is 5.75 Å². The first-order valence-corrected chi connectivity index (χ1v) is 7.66. The highest BCUT2D eigenvalue weighted by Crippen LogP contribution is 2.26. The molecule has 25 heavy (non-hydrogen) atoms. The molecule has 0 atom stereocenters. The highest BCUT2D eigenvalue weighted by Gasteiger charge is 2.35. The summed E-state index contributed by atoms with van der Waals surface area (Å²) in [6, 6.07) is 4.01. The van der Waals surface area contributed by atoms with E-state index in [-0.39, 0.29) is 18.1 Å². The van der Waals surface area contributed by atoms with Gasteiger partial charge in [0.25, 0.3) is 5.91 Å².